The molecule has 0 spiro atoms. The summed E-state index contributed by atoms with van der Waals surface area (Å²) in [6.07, 6.45) is 1.07. The molecule has 0 bridgehead atoms. The second kappa shape index (κ2) is 5.16. The monoisotopic (exact) mass is 242 g/mol. The van der Waals surface area contributed by atoms with Crippen LogP contribution in [-0.2, 0) is 10.6 Å². The topological polar surface area (TPSA) is 51.2 Å². The smallest absolute Gasteiger partial charge is 0.413 e. The molecule has 0 radical (unpaired) electrons. The van der Waals surface area contributed by atoms with E-state index in [0.29, 0.717) is 11.7 Å². The lowest BCUT2D eigenvalue weighted by Crippen LogP contribution is -2.27. The van der Waals surface area contributed by atoms with Crippen LogP contribution in [0.4, 0.5) is 10.6 Å². The quantitative estimate of drug-likeness (QED) is 0.811. The predicted octanol–water partition coefficient (Wildman–Crippen LogP) is 3.17. The molecule has 0 saturated carbocycles. The van der Waals surface area contributed by atoms with E-state index in [9.17, 15) is 4.79 Å². The summed E-state index contributed by atoms with van der Waals surface area (Å²) >= 11 is 5.67. The Balaban J connectivity index is 2.62. The van der Waals surface area contributed by atoms with Crippen molar-refractivity contribution in [3.8, 4) is 0 Å². The maximum Gasteiger partial charge on any atom is 0.413 e. The Hall–Kier alpha value is -1.29. The molecule has 1 aromatic heterocycles. The van der Waals surface area contributed by atoms with Crippen molar-refractivity contribution in [3.63, 3.8) is 0 Å². The van der Waals surface area contributed by atoms with Gasteiger partial charge in [-0.2, -0.15) is 0 Å². The highest BCUT2D eigenvalue weighted by atomic mass is 35.5. The number of halogens is 1. The predicted molar refractivity (Wildman–Crippen MR) is 63.7 cm³/mol. The Morgan fingerprint density at radius 1 is 1.56 bits per heavy atom. The van der Waals surface area contributed by atoms with Crippen molar-refractivity contribution in [2.45, 2.75) is 32.3 Å². The van der Waals surface area contributed by atoms with Crippen LogP contribution < -0.4 is 5.32 Å². The maximum atomic E-state index is 11.4. The minimum atomic E-state index is -0.522. The van der Waals surface area contributed by atoms with Gasteiger partial charge in [0.05, 0.1) is 0 Å². The number of aromatic nitrogens is 1. The van der Waals surface area contributed by atoms with Crippen molar-refractivity contribution in [2.75, 3.05) is 5.32 Å². The van der Waals surface area contributed by atoms with E-state index >= 15 is 0 Å². The standard InChI is InChI=1S/C11H15ClN2O2/c1-11(2,3)16-10(15)14-9-6-8(7-12)4-5-13-9/h4-6H,7H2,1-3H3,(H,13,14,15). The number of amides is 1. The molecule has 0 atom stereocenters. The van der Waals surface area contributed by atoms with Gasteiger partial charge in [0.1, 0.15) is 11.4 Å². The summed E-state index contributed by atoms with van der Waals surface area (Å²) < 4.78 is 5.09. The molecule has 0 unspecified atom stereocenters. The highest BCUT2D eigenvalue weighted by molar-refractivity contribution is 6.17. The van der Waals surface area contributed by atoms with Gasteiger partial charge in [-0.05, 0) is 38.5 Å². The molecule has 88 valence electrons. The Bertz CT molecular complexity index is 374. The van der Waals surface area contributed by atoms with Gasteiger partial charge in [-0.25, -0.2) is 9.78 Å². The lowest BCUT2D eigenvalue weighted by atomic mass is 10.2. The number of hydrogen-bond acceptors (Lipinski definition) is 3. The first-order valence-corrected chi connectivity index (χ1v) is 5.45. The van der Waals surface area contributed by atoms with Crippen LogP contribution in [0.3, 0.4) is 0 Å². The van der Waals surface area contributed by atoms with E-state index in [-0.39, 0.29) is 0 Å². The van der Waals surface area contributed by atoms with E-state index in [1.165, 1.54) is 0 Å². The first-order chi connectivity index (χ1) is 7.40. The lowest BCUT2D eigenvalue weighted by Gasteiger charge is -2.19. The first-order valence-electron chi connectivity index (χ1n) is 4.91. The van der Waals surface area contributed by atoms with E-state index in [1.54, 1.807) is 39.1 Å². The largest absolute Gasteiger partial charge is 0.444 e. The third-order valence-electron chi connectivity index (χ3n) is 1.61. The summed E-state index contributed by atoms with van der Waals surface area (Å²) in [5, 5.41) is 2.54. The molecule has 16 heavy (non-hydrogen) atoms. The van der Waals surface area contributed by atoms with Gasteiger partial charge in [0, 0.05) is 12.1 Å². The SMILES string of the molecule is CC(C)(C)OC(=O)Nc1cc(CCl)ccn1. The van der Waals surface area contributed by atoms with Crippen LogP contribution in [0.5, 0.6) is 0 Å². The molecule has 0 saturated heterocycles. The molecule has 0 aliphatic heterocycles. The molecule has 1 amide bonds. The second-order valence-electron chi connectivity index (χ2n) is 4.31. The number of anilines is 1. The van der Waals surface area contributed by atoms with Crippen LogP contribution in [0.2, 0.25) is 0 Å². The highest BCUT2D eigenvalue weighted by Gasteiger charge is 2.16. The van der Waals surface area contributed by atoms with Crippen molar-refractivity contribution >= 4 is 23.5 Å². The van der Waals surface area contributed by atoms with Gasteiger partial charge in [0.25, 0.3) is 0 Å². The zero-order valence-corrected chi connectivity index (χ0v) is 10.3. The molecule has 0 aliphatic rings. The number of carbonyl (C=O) groups excluding carboxylic acids is 1. The Morgan fingerprint density at radius 3 is 2.81 bits per heavy atom. The van der Waals surface area contributed by atoms with Crippen molar-refractivity contribution < 1.29 is 9.53 Å². The van der Waals surface area contributed by atoms with E-state index in [4.69, 9.17) is 16.3 Å². The lowest BCUT2D eigenvalue weighted by molar-refractivity contribution is 0.0635. The zero-order chi connectivity index (χ0) is 12.2. The van der Waals surface area contributed by atoms with E-state index < -0.39 is 11.7 Å². The van der Waals surface area contributed by atoms with E-state index in [0.717, 1.165) is 5.56 Å². The molecule has 1 aromatic rings. The highest BCUT2D eigenvalue weighted by Crippen LogP contribution is 2.12. The number of nitrogens with zero attached hydrogens (tertiary/aromatic N) is 1. The molecule has 1 N–H and O–H groups in total. The number of nitrogens with one attached hydrogen (secondary N) is 1. The van der Waals surface area contributed by atoms with Crippen LogP contribution in [-0.4, -0.2) is 16.7 Å². The third kappa shape index (κ3) is 4.49. The van der Waals surface area contributed by atoms with Crippen LogP contribution >= 0.6 is 11.6 Å². The molecule has 1 heterocycles. The summed E-state index contributed by atoms with van der Waals surface area (Å²) in [4.78, 5) is 15.4. The number of alkyl halides is 1. The Kier molecular flexibility index (Phi) is 4.12. The zero-order valence-electron chi connectivity index (χ0n) is 9.58. The average Bonchev–Trinajstić information content (AvgIpc) is 2.15. The van der Waals surface area contributed by atoms with Gasteiger partial charge >= 0.3 is 6.09 Å². The van der Waals surface area contributed by atoms with Crippen LogP contribution in [0, 0.1) is 0 Å². The Labute approximate surface area is 100.0 Å². The van der Waals surface area contributed by atoms with Gasteiger partial charge in [-0.3, -0.25) is 5.32 Å². The molecule has 0 aromatic carbocycles. The number of carbonyl (C=O) groups is 1. The summed E-state index contributed by atoms with van der Waals surface area (Å²) in [6.45, 7) is 5.40. The van der Waals surface area contributed by atoms with Gasteiger partial charge in [-0.15, -0.1) is 11.6 Å². The fourth-order valence-electron chi connectivity index (χ4n) is 1.03. The fraction of sp³-hybridized carbons (Fsp3) is 0.455. The molecule has 0 aliphatic carbocycles. The molecule has 1 rings (SSSR count). The fourth-order valence-corrected chi connectivity index (χ4v) is 1.20. The second-order valence-corrected chi connectivity index (χ2v) is 4.58. The summed E-state index contributed by atoms with van der Waals surface area (Å²) in [5.41, 5.74) is 0.372. The van der Waals surface area contributed by atoms with E-state index in [1.807, 2.05) is 0 Å². The van der Waals surface area contributed by atoms with Crippen molar-refractivity contribution in [2.24, 2.45) is 0 Å². The average molecular weight is 243 g/mol. The molecular formula is C11H15ClN2O2. The van der Waals surface area contributed by atoms with Gasteiger partial charge in [0.15, 0.2) is 0 Å². The molecule has 4 nitrogen and oxygen atoms in total. The minimum absolute atomic E-state index is 0.380. The van der Waals surface area contributed by atoms with Crippen LogP contribution in [0.25, 0.3) is 0 Å². The third-order valence-corrected chi connectivity index (χ3v) is 1.92. The summed E-state index contributed by atoms with van der Waals surface area (Å²) in [7, 11) is 0. The van der Waals surface area contributed by atoms with Crippen molar-refractivity contribution in [1.29, 1.82) is 0 Å². The van der Waals surface area contributed by atoms with Gasteiger partial charge in [0.2, 0.25) is 0 Å². The number of ether oxygens (including phenoxy) is 1. The number of rotatable bonds is 2. The summed E-state index contributed by atoms with van der Waals surface area (Å²) in [6, 6.07) is 3.49. The van der Waals surface area contributed by atoms with Crippen molar-refractivity contribution in [3.05, 3.63) is 23.9 Å². The number of hydrogen-bond donors (Lipinski definition) is 1. The number of pyridine rings is 1. The maximum absolute atomic E-state index is 11.4. The normalized spacial score (nSPS) is 11.0. The molecular weight excluding hydrogens is 228 g/mol. The van der Waals surface area contributed by atoms with Crippen molar-refractivity contribution in [1.82, 2.24) is 4.98 Å². The van der Waals surface area contributed by atoms with Gasteiger partial charge < -0.3 is 4.74 Å². The summed E-state index contributed by atoms with van der Waals surface area (Å²) in [5.74, 6) is 0.818. The minimum Gasteiger partial charge on any atom is -0.444 e. The van der Waals surface area contributed by atoms with Crippen LogP contribution in [0.1, 0.15) is 26.3 Å². The van der Waals surface area contributed by atoms with E-state index in [2.05, 4.69) is 10.3 Å². The first kappa shape index (κ1) is 12.8. The van der Waals surface area contributed by atoms with Gasteiger partial charge in [-0.1, -0.05) is 0 Å². The molecule has 5 heteroatoms. The molecule has 0 fully saturated rings. The van der Waals surface area contributed by atoms with Crippen LogP contribution in [0.15, 0.2) is 18.3 Å². The Morgan fingerprint density at radius 2 is 2.25 bits per heavy atom.